The maximum atomic E-state index is 11.1. The van der Waals surface area contributed by atoms with E-state index in [2.05, 4.69) is 6.07 Å². The molecule has 1 aromatic heterocycles. The second-order valence-electron chi connectivity index (χ2n) is 6.65. The lowest BCUT2D eigenvalue weighted by Gasteiger charge is -2.06. The first kappa shape index (κ1) is 18.5. The monoisotopic (exact) mass is 412 g/mol. The maximum absolute atomic E-state index is 11.1. The van der Waals surface area contributed by atoms with Gasteiger partial charge in [0.05, 0.1) is 10.0 Å². The highest BCUT2D eigenvalue weighted by molar-refractivity contribution is 6.42. The summed E-state index contributed by atoms with van der Waals surface area (Å²) in [6.07, 6.45) is 0. The molecule has 0 saturated heterocycles. The Morgan fingerprint density at radius 3 is 2.39 bits per heavy atom. The van der Waals surface area contributed by atoms with Gasteiger partial charge >= 0.3 is 11.9 Å². The molecule has 0 amide bonds. The van der Waals surface area contributed by atoms with E-state index in [4.69, 9.17) is 23.2 Å². The number of fused-ring (bicyclic) bond motifs is 1. The van der Waals surface area contributed by atoms with E-state index in [1.54, 1.807) is 22.8 Å². The summed E-state index contributed by atoms with van der Waals surface area (Å²) in [7, 11) is 0. The molecule has 0 aliphatic rings. The molecule has 3 aromatic carbocycles. The molecule has 0 atom stereocenters. The normalized spacial score (nSPS) is 11.1. The second-order valence-corrected chi connectivity index (χ2v) is 7.46. The highest BCUT2D eigenvalue weighted by Gasteiger charge is 2.35. The van der Waals surface area contributed by atoms with E-state index in [0.29, 0.717) is 27.7 Å². The minimum Gasteiger partial charge on any atom is -0.459 e. The van der Waals surface area contributed by atoms with Crippen LogP contribution in [0, 0.1) is 6.92 Å². The lowest BCUT2D eigenvalue weighted by molar-refractivity contribution is -0.776. The fraction of sp³-hybridized carbons (Fsp3) is 0.0909. The number of hydrogen-bond acceptors (Lipinski definition) is 2. The van der Waals surface area contributed by atoms with Crippen LogP contribution in [0.2, 0.25) is 10.0 Å². The predicted octanol–water partition coefficient (Wildman–Crippen LogP) is 4.48. The molecular weight excluding hydrogens is 395 g/mol. The average molecular weight is 413 g/mol. The molecule has 0 spiro atoms. The highest BCUT2D eigenvalue weighted by atomic mass is 35.5. The minimum atomic E-state index is -0.115. The van der Waals surface area contributed by atoms with Crippen molar-refractivity contribution in [2.45, 2.75) is 13.5 Å². The van der Waals surface area contributed by atoms with Gasteiger partial charge in [-0.3, -0.25) is 0 Å². The van der Waals surface area contributed by atoms with Crippen molar-refractivity contribution in [3.05, 3.63) is 87.9 Å². The summed E-state index contributed by atoms with van der Waals surface area (Å²) < 4.78 is 3.12. The van der Waals surface area contributed by atoms with Gasteiger partial charge in [0.25, 0.3) is 0 Å². The lowest BCUT2D eigenvalue weighted by Crippen LogP contribution is -2.47. The topological polar surface area (TPSA) is 48.2 Å². The van der Waals surface area contributed by atoms with Crippen LogP contribution in [0.25, 0.3) is 16.6 Å². The molecule has 0 fully saturated rings. The van der Waals surface area contributed by atoms with Crippen LogP contribution >= 0.6 is 23.2 Å². The smallest absolute Gasteiger partial charge is 0.459 e. The van der Waals surface area contributed by atoms with Crippen molar-refractivity contribution in [2.75, 3.05) is 0 Å². The van der Waals surface area contributed by atoms with Gasteiger partial charge in [0.2, 0.25) is 11.2 Å². The van der Waals surface area contributed by atoms with E-state index in [0.717, 1.165) is 16.6 Å². The molecule has 0 aliphatic heterocycles. The molecular formula is C22H18Cl2N2O2+2. The molecule has 0 unspecified atom stereocenters. The van der Waals surface area contributed by atoms with E-state index < -0.39 is 0 Å². The van der Waals surface area contributed by atoms with Gasteiger partial charge in [-0.2, -0.15) is 0 Å². The van der Waals surface area contributed by atoms with Gasteiger partial charge in [-0.25, -0.2) is 0 Å². The number of halogens is 2. The minimum absolute atomic E-state index is 0.0769. The molecule has 0 bridgehead atoms. The Hall–Kier alpha value is -2.82. The van der Waals surface area contributed by atoms with Crippen molar-refractivity contribution >= 4 is 34.1 Å². The van der Waals surface area contributed by atoms with Gasteiger partial charge in [-0.15, -0.1) is 0 Å². The van der Waals surface area contributed by atoms with Gasteiger partial charge in [-0.05, 0) is 29.7 Å². The molecule has 4 aromatic rings. The Morgan fingerprint density at radius 1 is 0.857 bits per heavy atom. The van der Waals surface area contributed by atoms with Crippen LogP contribution in [0.5, 0.6) is 11.9 Å². The van der Waals surface area contributed by atoms with Gasteiger partial charge in [0, 0.05) is 23.8 Å². The number of aromatic nitrogens is 2. The van der Waals surface area contributed by atoms with Crippen molar-refractivity contribution < 1.29 is 19.3 Å². The van der Waals surface area contributed by atoms with Crippen LogP contribution in [-0.2, 0) is 6.54 Å². The van der Waals surface area contributed by atoms with Gasteiger partial charge in [0.15, 0.2) is 11.9 Å². The highest BCUT2D eigenvalue weighted by Crippen LogP contribution is 2.27. The standard InChI is InChI=1S/C22H16Cl2N2O2/c1-14-5-4-6-15(11-14)13-25-20-8-3-2-7-17(20)21(27)26(22(25)28)16-9-10-18(23)19(24)12-16/h2-12H,13H2,1H3/p+2. The number of para-hydroxylation sites is 1. The van der Waals surface area contributed by atoms with Crippen molar-refractivity contribution in [1.82, 2.24) is 0 Å². The summed E-state index contributed by atoms with van der Waals surface area (Å²) >= 11 is 12.2. The van der Waals surface area contributed by atoms with E-state index in [1.807, 2.05) is 49.4 Å². The lowest BCUT2D eigenvalue weighted by atomic mass is 10.1. The zero-order chi connectivity index (χ0) is 19.8. The first-order chi connectivity index (χ1) is 13.5. The SMILES string of the molecule is Cc1cccc(C[n+]2c(O)[n+](-c3ccc(Cl)c(Cl)c3)c(O)c3ccccc32)c1. The Bertz CT molecular complexity index is 1210. The summed E-state index contributed by atoms with van der Waals surface area (Å²) in [6.45, 7) is 2.47. The van der Waals surface area contributed by atoms with Crippen molar-refractivity contribution in [2.24, 2.45) is 0 Å². The van der Waals surface area contributed by atoms with Crippen molar-refractivity contribution in [3.63, 3.8) is 0 Å². The molecule has 2 N–H and O–H groups in total. The molecule has 0 radical (unpaired) electrons. The number of aryl methyl sites for hydroxylation is 1. The van der Waals surface area contributed by atoms with E-state index in [-0.39, 0.29) is 11.9 Å². The number of hydrogen-bond donors (Lipinski definition) is 2. The van der Waals surface area contributed by atoms with Crippen molar-refractivity contribution in [1.29, 1.82) is 0 Å². The average Bonchev–Trinajstić information content (AvgIpc) is 2.68. The molecule has 140 valence electrons. The molecule has 6 heteroatoms. The Balaban J connectivity index is 1.99. The second kappa shape index (κ2) is 7.30. The van der Waals surface area contributed by atoms with Crippen LogP contribution in [0.1, 0.15) is 11.1 Å². The third-order valence-electron chi connectivity index (χ3n) is 4.67. The van der Waals surface area contributed by atoms with E-state index in [1.165, 1.54) is 4.57 Å². The van der Waals surface area contributed by atoms with Crippen LogP contribution in [-0.4, -0.2) is 10.2 Å². The molecule has 4 rings (SSSR count). The quantitative estimate of drug-likeness (QED) is 0.487. The Labute approximate surface area is 172 Å². The summed E-state index contributed by atoms with van der Waals surface area (Å²) in [4.78, 5) is 0. The molecule has 4 nitrogen and oxygen atoms in total. The van der Waals surface area contributed by atoms with Gasteiger partial charge in [-0.1, -0.05) is 63.7 Å². The molecule has 0 saturated carbocycles. The number of benzene rings is 3. The van der Waals surface area contributed by atoms with Crippen LogP contribution in [0.3, 0.4) is 0 Å². The first-order valence-electron chi connectivity index (χ1n) is 8.75. The van der Waals surface area contributed by atoms with Crippen LogP contribution in [0.15, 0.2) is 66.7 Å². The Kier molecular flexibility index (Phi) is 4.84. The number of aromatic hydroxyl groups is 2. The zero-order valence-corrected chi connectivity index (χ0v) is 16.6. The largest absolute Gasteiger partial charge is 0.638 e. The zero-order valence-electron chi connectivity index (χ0n) is 15.1. The summed E-state index contributed by atoms with van der Waals surface area (Å²) in [5, 5.41) is 23.3. The summed E-state index contributed by atoms with van der Waals surface area (Å²) in [5.74, 6) is -0.0769. The van der Waals surface area contributed by atoms with Gasteiger partial charge in [0.1, 0.15) is 0 Å². The van der Waals surface area contributed by atoms with E-state index in [9.17, 15) is 10.2 Å². The molecule has 1 heterocycles. The maximum Gasteiger partial charge on any atom is 0.638 e. The third-order valence-corrected chi connectivity index (χ3v) is 5.41. The van der Waals surface area contributed by atoms with Crippen LogP contribution < -0.4 is 9.13 Å². The van der Waals surface area contributed by atoms with E-state index >= 15 is 0 Å². The Morgan fingerprint density at radius 2 is 1.64 bits per heavy atom. The van der Waals surface area contributed by atoms with Crippen LogP contribution in [0.4, 0.5) is 0 Å². The molecule has 0 aliphatic carbocycles. The molecule has 28 heavy (non-hydrogen) atoms. The summed E-state index contributed by atoms with van der Waals surface area (Å²) in [6, 6.07) is 20.3. The summed E-state index contributed by atoms with van der Waals surface area (Å²) in [5.41, 5.74) is 3.40. The number of nitrogens with zero attached hydrogens (tertiary/aromatic N) is 2. The fourth-order valence-electron chi connectivity index (χ4n) is 3.35. The number of rotatable bonds is 3. The predicted molar refractivity (Wildman–Crippen MR) is 109 cm³/mol. The third kappa shape index (κ3) is 3.26. The van der Waals surface area contributed by atoms with Crippen molar-refractivity contribution in [3.8, 4) is 17.6 Å². The fourth-order valence-corrected chi connectivity index (χ4v) is 3.64. The van der Waals surface area contributed by atoms with Gasteiger partial charge < -0.3 is 10.2 Å². The first-order valence-corrected chi connectivity index (χ1v) is 9.51.